The van der Waals surface area contributed by atoms with Gasteiger partial charge in [0.1, 0.15) is 0 Å². The van der Waals surface area contributed by atoms with Crippen molar-refractivity contribution in [2.75, 3.05) is 17.7 Å². The molecule has 1 aliphatic heterocycles. The zero-order valence-corrected chi connectivity index (χ0v) is 16.4. The van der Waals surface area contributed by atoms with Gasteiger partial charge >= 0.3 is 0 Å². The minimum atomic E-state index is -0.0817. The molecule has 1 aromatic carbocycles. The minimum Gasteiger partial charge on any atom is -0.461 e. The van der Waals surface area contributed by atoms with Gasteiger partial charge in [-0.2, -0.15) is 0 Å². The van der Waals surface area contributed by atoms with E-state index in [-0.39, 0.29) is 17.8 Å². The Morgan fingerprint density at radius 3 is 3.00 bits per heavy atom. The molecule has 3 aromatic rings. The summed E-state index contributed by atoms with van der Waals surface area (Å²) in [5, 5.41) is 12.2. The van der Waals surface area contributed by atoms with Crippen molar-refractivity contribution in [1.82, 2.24) is 14.8 Å². The van der Waals surface area contributed by atoms with Crippen LogP contribution in [0.1, 0.15) is 18.4 Å². The zero-order valence-electron chi connectivity index (χ0n) is 15.6. The first-order valence-corrected chi connectivity index (χ1v) is 10.3. The van der Waals surface area contributed by atoms with Gasteiger partial charge in [-0.1, -0.05) is 23.9 Å². The van der Waals surface area contributed by atoms with Gasteiger partial charge in [-0.15, -0.1) is 10.2 Å². The van der Waals surface area contributed by atoms with E-state index in [4.69, 9.17) is 9.15 Å². The quantitative estimate of drug-likeness (QED) is 0.610. The van der Waals surface area contributed by atoms with Crippen molar-refractivity contribution in [3.63, 3.8) is 0 Å². The first kappa shape index (κ1) is 18.8. The second-order valence-corrected chi connectivity index (χ2v) is 7.68. The number of carbonyl (C=O) groups excluding carboxylic acids is 1. The maximum Gasteiger partial charge on any atom is 0.234 e. The van der Waals surface area contributed by atoms with Gasteiger partial charge in [-0.05, 0) is 49.6 Å². The third-order valence-electron chi connectivity index (χ3n) is 4.50. The van der Waals surface area contributed by atoms with E-state index in [0.29, 0.717) is 23.3 Å². The van der Waals surface area contributed by atoms with E-state index in [0.717, 1.165) is 30.7 Å². The zero-order chi connectivity index (χ0) is 19.3. The molecule has 1 aliphatic rings. The highest BCUT2D eigenvalue weighted by Crippen LogP contribution is 2.27. The highest BCUT2D eigenvalue weighted by atomic mass is 32.2. The monoisotopic (exact) mass is 398 g/mol. The van der Waals surface area contributed by atoms with Gasteiger partial charge in [0.2, 0.25) is 11.7 Å². The van der Waals surface area contributed by atoms with Gasteiger partial charge in [0.15, 0.2) is 10.9 Å². The fourth-order valence-electron chi connectivity index (χ4n) is 3.19. The Balaban J connectivity index is 1.46. The highest BCUT2D eigenvalue weighted by Gasteiger charge is 2.23. The van der Waals surface area contributed by atoms with Gasteiger partial charge in [-0.3, -0.25) is 9.36 Å². The molecule has 8 heteroatoms. The van der Waals surface area contributed by atoms with Crippen LogP contribution in [0, 0.1) is 6.92 Å². The standard InChI is InChI=1S/C20H22N4O3S/c1-14-5-2-6-15(11-14)21-18(25)13-28-20-23-22-19(17-8-4-10-27-17)24(20)12-16-7-3-9-26-16/h2,4-6,8,10-11,16H,3,7,9,12-13H2,1H3,(H,21,25)/t16-/m0/s1. The molecule has 0 saturated carbocycles. The molecule has 0 radical (unpaired) electrons. The molecular formula is C20H22N4O3S. The fourth-order valence-corrected chi connectivity index (χ4v) is 3.94. The Morgan fingerprint density at radius 2 is 2.25 bits per heavy atom. The molecule has 1 amide bonds. The molecule has 0 aliphatic carbocycles. The van der Waals surface area contributed by atoms with E-state index < -0.39 is 0 Å². The van der Waals surface area contributed by atoms with Crippen molar-refractivity contribution in [3.05, 3.63) is 48.2 Å². The second kappa shape index (κ2) is 8.62. The molecule has 1 saturated heterocycles. The number of ether oxygens (including phenoxy) is 1. The normalized spacial score (nSPS) is 16.4. The predicted molar refractivity (Wildman–Crippen MR) is 107 cm³/mol. The lowest BCUT2D eigenvalue weighted by molar-refractivity contribution is -0.113. The van der Waals surface area contributed by atoms with Gasteiger partial charge in [0.05, 0.1) is 24.7 Å². The van der Waals surface area contributed by atoms with Crippen molar-refractivity contribution >= 4 is 23.4 Å². The maximum absolute atomic E-state index is 12.4. The van der Waals surface area contributed by atoms with Gasteiger partial charge < -0.3 is 14.5 Å². The number of hydrogen-bond donors (Lipinski definition) is 1. The molecular weight excluding hydrogens is 376 g/mol. The second-order valence-electron chi connectivity index (χ2n) is 6.74. The summed E-state index contributed by atoms with van der Waals surface area (Å²) in [6, 6.07) is 11.4. The van der Waals surface area contributed by atoms with Crippen LogP contribution in [0.5, 0.6) is 0 Å². The summed E-state index contributed by atoms with van der Waals surface area (Å²) in [7, 11) is 0. The van der Waals surface area contributed by atoms with Crippen LogP contribution in [-0.2, 0) is 16.1 Å². The van der Waals surface area contributed by atoms with E-state index in [1.807, 2.05) is 47.9 Å². The van der Waals surface area contributed by atoms with Crippen molar-refractivity contribution in [1.29, 1.82) is 0 Å². The minimum absolute atomic E-state index is 0.0817. The van der Waals surface area contributed by atoms with Gasteiger partial charge in [0.25, 0.3) is 0 Å². The van der Waals surface area contributed by atoms with Crippen LogP contribution in [0.15, 0.2) is 52.2 Å². The summed E-state index contributed by atoms with van der Waals surface area (Å²) in [5.74, 6) is 1.47. The molecule has 1 fully saturated rings. The lowest BCUT2D eigenvalue weighted by atomic mass is 10.2. The summed E-state index contributed by atoms with van der Waals surface area (Å²) in [4.78, 5) is 12.4. The lowest BCUT2D eigenvalue weighted by Crippen LogP contribution is -2.18. The molecule has 1 atom stereocenters. The lowest BCUT2D eigenvalue weighted by Gasteiger charge is -2.14. The number of nitrogens with zero attached hydrogens (tertiary/aromatic N) is 3. The van der Waals surface area contributed by atoms with E-state index in [1.54, 1.807) is 6.26 Å². The van der Waals surface area contributed by atoms with Crippen LogP contribution >= 0.6 is 11.8 Å². The van der Waals surface area contributed by atoms with Crippen molar-refractivity contribution in [2.24, 2.45) is 0 Å². The number of aryl methyl sites for hydroxylation is 1. The first-order valence-electron chi connectivity index (χ1n) is 9.27. The van der Waals surface area contributed by atoms with Crippen molar-refractivity contribution < 1.29 is 13.9 Å². The molecule has 0 spiro atoms. The van der Waals surface area contributed by atoms with E-state index in [9.17, 15) is 4.79 Å². The van der Waals surface area contributed by atoms with Crippen LogP contribution < -0.4 is 5.32 Å². The number of benzene rings is 1. The average Bonchev–Trinajstić information content (AvgIpc) is 3.43. The largest absolute Gasteiger partial charge is 0.461 e. The van der Waals surface area contributed by atoms with Crippen LogP contribution in [0.2, 0.25) is 0 Å². The summed E-state index contributed by atoms with van der Waals surface area (Å²) in [5.41, 5.74) is 1.90. The Labute approximate surface area is 167 Å². The average molecular weight is 398 g/mol. The van der Waals surface area contributed by atoms with E-state index in [2.05, 4.69) is 15.5 Å². The van der Waals surface area contributed by atoms with E-state index in [1.165, 1.54) is 11.8 Å². The smallest absolute Gasteiger partial charge is 0.234 e. The third-order valence-corrected chi connectivity index (χ3v) is 5.47. The van der Waals surface area contributed by atoms with Crippen LogP contribution in [0.3, 0.4) is 0 Å². The number of anilines is 1. The van der Waals surface area contributed by atoms with Crippen LogP contribution in [0.4, 0.5) is 5.69 Å². The Morgan fingerprint density at radius 1 is 1.32 bits per heavy atom. The molecule has 7 nitrogen and oxygen atoms in total. The summed E-state index contributed by atoms with van der Waals surface area (Å²) < 4.78 is 13.3. The number of thioether (sulfide) groups is 1. The van der Waals surface area contributed by atoms with Crippen LogP contribution in [0.25, 0.3) is 11.6 Å². The molecule has 3 heterocycles. The molecule has 0 unspecified atom stereocenters. The SMILES string of the molecule is Cc1cccc(NC(=O)CSc2nnc(-c3ccco3)n2C[C@@H]2CCCO2)c1. The fraction of sp³-hybridized carbons (Fsp3) is 0.350. The summed E-state index contributed by atoms with van der Waals surface area (Å²) in [6.07, 6.45) is 3.81. The number of nitrogens with one attached hydrogen (secondary N) is 1. The molecule has 1 N–H and O–H groups in total. The van der Waals surface area contributed by atoms with Crippen LogP contribution in [-0.4, -0.2) is 39.1 Å². The van der Waals surface area contributed by atoms with E-state index >= 15 is 0 Å². The molecule has 2 aromatic heterocycles. The highest BCUT2D eigenvalue weighted by molar-refractivity contribution is 7.99. The van der Waals surface area contributed by atoms with Crippen molar-refractivity contribution in [3.8, 4) is 11.6 Å². The van der Waals surface area contributed by atoms with Gasteiger partial charge in [0, 0.05) is 12.3 Å². The van der Waals surface area contributed by atoms with Gasteiger partial charge in [-0.25, -0.2) is 0 Å². The Bertz CT molecular complexity index is 933. The third kappa shape index (κ3) is 4.45. The Kier molecular flexibility index (Phi) is 5.78. The Hall–Kier alpha value is -2.58. The molecule has 146 valence electrons. The maximum atomic E-state index is 12.4. The number of furan rings is 1. The number of rotatable bonds is 7. The number of carbonyl (C=O) groups is 1. The predicted octanol–water partition coefficient (Wildman–Crippen LogP) is 3.76. The molecule has 4 rings (SSSR count). The summed E-state index contributed by atoms with van der Waals surface area (Å²) in [6.45, 7) is 3.42. The molecule has 0 bridgehead atoms. The molecule has 28 heavy (non-hydrogen) atoms. The first-order chi connectivity index (χ1) is 13.7. The number of hydrogen-bond acceptors (Lipinski definition) is 6. The topological polar surface area (TPSA) is 82.2 Å². The van der Waals surface area contributed by atoms with Crippen molar-refractivity contribution in [2.45, 2.75) is 37.6 Å². The summed E-state index contributed by atoms with van der Waals surface area (Å²) >= 11 is 1.36. The number of aromatic nitrogens is 3. The number of amides is 1.